The molecule has 0 unspecified atom stereocenters. The number of amides is 1. The highest BCUT2D eigenvalue weighted by Crippen LogP contribution is 2.39. The third-order valence-corrected chi connectivity index (χ3v) is 5.51. The van der Waals surface area contributed by atoms with Crippen LogP contribution in [0.1, 0.15) is 12.0 Å². The molecule has 0 aliphatic heterocycles. The van der Waals surface area contributed by atoms with Crippen molar-refractivity contribution in [2.24, 2.45) is 11.8 Å². The second-order valence-electron chi connectivity index (χ2n) is 6.27. The van der Waals surface area contributed by atoms with Crippen molar-refractivity contribution < 1.29 is 14.3 Å². The van der Waals surface area contributed by atoms with E-state index in [1.807, 2.05) is 18.2 Å². The number of nitrogens with zero attached hydrogens (tertiary/aromatic N) is 2. The number of aliphatic hydroxyl groups is 1. The maximum atomic E-state index is 13.7. The Morgan fingerprint density at radius 1 is 1.44 bits per heavy atom. The van der Waals surface area contributed by atoms with E-state index in [1.165, 1.54) is 17.5 Å². The van der Waals surface area contributed by atoms with E-state index >= 15 is 0 Å². The molecule has 1 saturated carbocycles. The van der Waals surface area contributed by atoms with Gasteiger partial charge in [0.25, 0.3) is 0 Å². The highest BCUT2D eigenvalue weighted by atomic mass is 32.1. The smallest absolute Gasteiger partial charge is 0.229 e. The van der Waals surface area contributed by atoms with Crippen LogP contribution in [-0.4, -0.2) is 27.6 Å². The van der Waals surface area contributed by atoms with Crippen LogP contribution in [0.15, 0.2) is 30.6 Å². The van der Waals surface area contributed by atoms with Crippen LogP contribution in [0, 0.1) is 24.6 Å². The van der Waals surface area contributed by atoms with Crippen molar-refractivity contribution in [3.8, 4) is 11.1 Å². The molecule has 2 atom stereocenters. The minimum absolute atomic E-state index is 0.0440. The maximum Gasteiger partial charge on any atom is 0.229 e. The molecule has 1 aliphatic rings. The van der Waals surface area contributed by atoms with Gasteiger partial charge in [0, 0.05) is 24.3 Å². The van der Waals surface area contributed by atoms with E-state index in [0.717, 1.165) is 27.8 Å². The van der Waals surface area contributed by atoms with Crippen LogP contribution in [0.3, 0.4) is 0 Å². The van der Waals surface area contributed by atoms with E-state index in [4.69, 9.17) is 5.11 Å². The van der Waals surface area contributed by atoms with E-state index in [0.29, 0.717) is 10.7 Å². The van der Waals surface area contributed by atoms with Gasteiger partial charge in [0.05, 0.1) is 16.4 Å². The molecule has 25 heavy (non-hydrogen) atoms. The number of pyridine rings is 1. The first-order valence-electron chi connectivity index (χ1n) is 7.99. The maximum absolute atomic E-state index is 13.7. The first-order valence-corrected chi connectivity index (χ1v) is 8.81. The molecule has 5 nitrogen and oxygen atoms in total. The van der Waals surface area contributed by atoms with Gasteiger partial charge in [-0.3, -0.25) is 9.78 Å². The van der Waals surface area contributed by atoms with E-state index in [1.54, 1.807) is 13.1 Å². The van der Waals surface area contributed by atoms with Gasteiger partial charge in [-0.2, -0.15) is 0 Å². The van der Waals surface area contributed by atoms with Crippen molar-refractivity contribution in [3.63, 3.8) is 0 Å². The third-order valence-electron chi connectivity index (χ3n) is 4.58. The Kier molecular flexibility index (Phi) is 3.97. The minimum Gasteiger partial charge on any atom is -0.396 e. The molecule has 2 N–H and O–H groups in total. The minimum atomic E-state index is -0.335. The number of hydrogen-bond acceptors (Lipinski definition) is 5. The zero-order valence-electron chi connectivity index (χ0n) is 13.5. The van der Waals surface area contributed by atoms with E-state index < -0.39 is 0 Å². The Labute approximate surface area is 147 Å². The van der Waals surface area contributed by atoms with Gasteiger partial charge in [-0.1, -0.05) is 17.4 Å². The number of fused-ring (bicyclic) bond motifs is 1. The number of halogens is 1. The van der Waals surface area contributed by atoms with Gasteiger partial charge in [-0.05, 0) is 42.5 Å². The Bertz CT molecular complexity index is 972. The first kappa shape index (κ1) is 16.1. The normalized spacial score (nSPS) is 19.2. The topological polar surface area (TPSA) is 75.1 Å². The number of carbonyl (C=O) groups is 1. The summed E-state index contributed by atoms with van der Waals surface area (Å²) in [5.41, 5.74) is 2.93. The van der Waals surface area contributed by atoms with Crippen molar-refractivity contribution in [3.05, 3.63) is 42.0 Å². The number of thiazole rings is 1. The van der Waals surface area contributed by atoms with Crippen molar-refractivity contribution in [1.29, 1.82) is 0 Å². The van der Waals surface area contributed by atoms with Crippen molar-refractivity contribution in [2.45, 2.75) is 13.3 Å². The number of anilines is 1. The molecule has 0 saturated heterocycles. The average molecular weight is 357 g/mol. The summed E-state index contributed by atoms with van der Waals surface area (Å²) in [6, 6.07) is 5.66. The summed E-state index contributed by atoms with van der Waals surface area (Å²) in [5.74, 6) is -0.473. The molecule has 0 bridgehead atoms. The number of aromatic nitrogens is 2. The summed E-state index contributed by atoms with van der Waals surface area (Å²) >= 11 is 1.38. The summed E-state index contributed by atoms with van der Waals surface area (Å²) in [7, 11) is 0. The Morgan fingerprint density at radius 2 is 2.28 bits per heavy atom. The van der Waals surface area contributed by atoms with Crippen LogP contribution in [0.25, 0.3) is 21.3 Å². The van der Waals surface area contributed by atoms with Crippen LogP contribution in [0.5, 0.6) is 0 Å². The molecule has 1 aromatic carbocycles. The molecule has 1 amide bonds. The van der Waals surface area contributed by atoms with Gasteiger partial charge in [0.1, 0.15) is 5.82 Å². The van der Waals surface area contributed by atoms with Crippen molar-refractivity contribution in [1.82, 2.24) is 9.97 Å². The first-order chi connectivity index (χ1) is 12.1. The van der Waals surface area contributed by atoms with Gasteiger partial charge in [-0.25, -0.2) is 9.37 Å². The van der Waals surface area contributed by atoms with Crippen LogP contribution in [0.2, 0.25) is 0 Å². The summed E-state index contributed by atoms with van der Waals surface area (Å²) in [6.07, 6.45) is 3.57. The fraction of sp³-hybridized carbons (Fsp3) is 0.278. The molecule has 1 fully saturated rings. The van der Waals surface area contributed by atoms with Crippen LogP contribution < -0.4 is 5.32 Å². The molecule has 0 radical (unpaired) electrons. The quantitative estimate of drug-likeness (QED) is 0.751. The fourth-order valence-corrected chi connectivity index (χ4v) is 3.81. The molecule has 3 aromatic rings. The van der Waals surface area contributed by atoms with E-state index in [2.05, 4.69) is 15.3 Å². The number of aliphatic hydroxyl groups excluding tert-OH is 1. The Hall–Kier alpha value is -2.38. The van der Waals surface area contributed by atoms with Crippen LogP contribution in [-0.2, 0) is 4.79 Å². The second-order valence-corrected chi connectivity index (χ2v) is 7.30. The number of hydrogen-bond donors (Lipinski definition) is 2. The molecule has 4 rings (SSSR count). The zero-order chi connectivity index (χ0) is 17.6. The Morgan fingerprint density at radius 3 is 3.04 bits per heavy atom. The van der Waals surface area contributed by atoms with Gasteiger partial charge in [-0.15, -0.1) is 0 Å². The van der Waals surface area contributed by atoms with E-state index in [9.17, 15) is 9.18 Å². The van der Waals surface area contributed by atoms with Gasteiger partial charge >= 0.3 is 0 Å². The molecule has 2 heterocycles. The summed E-state index contributed by atoms with van der Waals surface area (Å²) in [4.78, 5) is 20.4. The van der Waals surface area contributed by atoms with Crippen molar-refractivity contribution >= 4 is 32.6 Å². The Balaban J connectivity index is 1.61. The molecule has 1 aliphatic carbocycles. The predicted octanol–water partition coefficient (Wildman–Crippen LogP) is 3.37. The SMILES string of the molecule is Cc1c(F)cncc1-c1ccc2nc(NC(=O)[C@H]3C[C@H]3CO)sc2c1. The van der Waals surface area contributed by atoms with Crippen LogP contribution in [0.4, 0.5) is 9.52 Å². The number of carbonyl (C=O) groups excluding carboxylic acids is 1. The summed E-state index contributed by atoms with van der Waals surface area (Å²) < 4.78 is 14.6. The van der Waals surface area contributed by atoms with Crippen molar-refractivity contribution in [2.75, 3.05) is 11.9 Å². The fourth-order valence-electron chi connectivity index (χ4n) is 2.90. The van der Waals surface area contributed by atoms with Gasteiger partial charge in [0.15, 0.2) is 5.13 Å². The number of rotatable bonds is 4. The molecule has 7 heteroatoms. The second kappa shape index (κ2) is 6.16. The molecule has 128 valence electrons. The van der Waals surface area contributed by atoms with E-state index in [-0.39, 0.29) is 30.2 Å². The lowest BCUT2D eigenvalue weighted by molar-refractivity contribution is -0.117. The molecular formula is C18H16FN3O2S. The van der Waals surface area contributed by atoms with Crippen LogP contribution >= 0.6 is 11.3 Å². The summed E-state index contributed by atoms with van der Waals surface area (Å²) in [6.45, 7) is 1.77. The largest absolute Gasteiger partial charge is 0.396 e. The third kappa shape index (κ3) is 3.01. The molecular weight excluding hydrogens is 341 g/mol. The lowest BCUT2D eigenvalue weighted by atomic mass is 10.0. The predicted molar refractivity (Wildman–Crippen MR) is 94.9 cm³/mol. The van der Waals surface area contributed by atoms with Gasteiger partial charge in [0.2, 0.25) is 5.91 Å². The average Bonchev–Trinajstić information content (AvgIpc) is 3.29. The highest BCUT2D eigenvalue weighted by Gasteiger charge is 2.42. The van der Waals surface area contributed by atoms with Gasteiger partial charge < -0.3 is 10.4 Å². The lowest BCUT2D eigenvalue weighted by Crippen LogP contribution is -2.15. The molecule has 0 spiro atoms. The number of nitrogens with one attached hydrogen (secondary N) is 1. The monoisotopic (exact) mass is 357 g/mol. The zero-order valence-corrected chi connectivity index (χ0v) is 14.3. The lowest BCUT2D eigenvalue weighted by Gasteiger charge is -2.05. The standard InChI is InChI=1S/C18H16FN3O2S/c1-9-13(6-20-7-14(9)19)10-2-3-15-16(5-10)25-18(21-15)22-17(24)12-4-11(12)8-23/h2-3,5-7,11-12,23H,4,8H2,1H3,(H,21,22,24)/t11-,12-/m0/s1. The highest BCUT2D eigenvalue weighted by molar-refractivity contribution is 7.22. The molecule has 2 aromatic heterocycles. The number of benzene rings is 1. The summed E-state index contributed by atoms with van der Waals surface area (Å²) in [5, 5.41) is 12.4.